The van der Waals surface area contributed by atoms with Gasteiger partial charge >= 0.3 is 0 Å². The van der Waals surface area contributed by atoms with Crippen LogP contribution >= 0.6 is 23.2 Å². The molecule has 3 amide bonds. The highest BCUT2D eigenvalue weighted by Crippen LogP contribution is 2.61. The Bertz CT molecular complexity index is 1830. The van der Waals surface area contributed by atoms with Crippen LogP contribution in [0, 0.1) is 22.0 Å². The average Bonchev–Trinajstić information content (AvgIpc) is 3.29. The van der Waals surface area contributed by atoms with Crippen molar-refractivity contribution in [3.8, 4) is 0 Å². The second-order valence-electron chi connectivity index (χ2n) is 11.0. The highest BCUT2D eigenvalue weighted by molar-refractivity contribution is 6.37. The van der Waals surface area contributed by atoms with Crippen LogP contribution in [-0.2, 0) is 9.59 Å². The number of carbonyl (C=O) groups is 4. The van der Waals surface area contributed by atoms with Crippen LogP contribution in [0.5, 0.6) is 0 Å². The Balaban J connectivity index is 1.34. The molecule has 4 aromatic carbocycles. The molecule has 218 valence electrons. The van der Waals surface area contributed by atoms with Crippen molar-refractivity contribution in [2.24, 2.45) is 11.8 Å². The summed E-state index contributed by atoms with van der Waals surface area (Å²) in [5.41, 5.74) is 3.28. The van der Waals surface area contributed by atoms with Crippen LogP contribution in [0.1, 0.15) is 54.8 Å². The van der Waals surface area contributed by atoms with Gasteiger partial charge in [-0.2, -0.15) is 5.01 Å². The van der Waals surface area contributed by atoms with Gasteiger partial charge in [0.25, 0.3) is 23.4 Å². The van der Waals surface area contributed by atoms with Crippen molar-refractivity contribution >= 4 is 52.4 Å². The molecule has 1 saturated heterocycles. The fourth-order valence-corrected chi connectivity index (χ4v) is 7.49. The predicted molar refractivity (Wildman–Crippen MR) is 160 cm³/mol. The Morgan fingerprint density at radius 2 is 1.32 bits per heavy atom. The van der Waals surface area contributed by atoms with E-state index in [9.17, 15) is 29.3 Å². The number of halogens is 2. The predicted octanol–water partition coefficient (Wildman–Crippen LogP) is 6.03. The standard InChI is InChI=1S/C33H21Cl2N3O6/c34-18-12-13-24(25(35)15-18)26(39)16-36(31(40)17-6-5-7-19(14-17)38(43)44)37-32(41)29-27-20-8-1-2-9-21(20)28(30(29)33(37)42)23-11-4-3-10-22(23)27/h1-15,27-30H,16H2/t27?,28?,29-,30+. The van der Waals surface area contributed by atoms with E-state index in [0.29, 0.717) is 5.02 Å². The molecule has 0 aromatic heterocycles. The number of hydrogen-bond acceptors (Lipinski definition) is 6. The minimum Gasteiger partial charge on any atom is -0.292 e. The first-order valence-electron chi connectivity index (χ1n) is 13.8. The molecule has 0 N–H and O–H groups in total. The summed E-state index contributed by atoms with van der Waals surface area (Å²) in [5.74, 6) is -5.31. The fourth-order valence-electron chi connectivity index (χ4n) is 6.97. The first-order chi connectivity index (χ1) is 21.2. The number of benzene rings is 4. The summed E-state index contributed by atoms with van der Waals surface area (Å²) in [6, 6.07) is 24.5. The van der Waals surface area contributed by atoms with E-state index in [0.717, 1.165) is 38.3 Å². The van der Waals surface area contributed by atoms with Gasteiger partial charge in [0.1, 0.15) is 6.54 Å². The van der Waals surface area contributed by atoms with Gasteiger partial charge in [0, 0.05) is 40.1 Å². The third-order valence-electron chi connectivity index (χ3n) is 8.73. The van der Waals surface area contributed by atoms with Crippen molar-refractivity contribution in [1.29, 1.82) is 0 Å². The molecule has 1 aliphatic heterocycles. The number of amides is 3. The topological polar surface area (TPSA) is 118 Å². The first-order valence-corrected chi connectivity index (χ1v) is 14.5. The molecule has 4 aromatic rings. The third kappa shape index (κ3) is 4.15. The Labute approximate surface area is 260 Å². The molecule has 9 nitrogen and oxygen atoms in total. The lowest BCUT2D eigenvalue weighted by Gasteiger charge is -2.45. The molecule has 1 fully saturated rings. The number of nitro groups is 1. The molecular formula is C33H21Cl2N3O6. The number of Topliss-reactive ketones (excluding diaryl/α,β-unsaturated/α-hetero) is 1. The van der Waals surface area contributed by atoms with Gasteiger partial charge in [0.2, 0.25) is 0 Å². The van der Waals surface area contributed by atoms with Gasteiger partial charge in [0.15, 0.2) is 5.78 Å². The highest BCUT2D eigenvalue weighted by atomic mass is 35.5. The van der Waals surface area contributed by atoms with E-state index in [2.05, 4.69) is 0 Å². The summed E-state index contributed by atoms with van der Waals surface area (Å²) in [7, 11) is 0. The summed E-state index contributed by atoms with van der Waals surface area (Å²) in [6.45, 7) is -0.727. The Morgan fingerprint density at radius 3 is 1.82 bits per heavy atom. The number of carbonyl (C=O) groups excluding carboxylic acids is 4. The van der Waals surface area contributed by atoms with Gasteiger partial charge in [-0.3, -0.25) is 29.3 Å². The quantitative estimate of drug-likeness (QED) is 0.112. The van der Waals surface area contributed by atoms with Crippen LogP contribution in [0.4, 0.5) is 5.69 Å². The Hall–Kier alpha value is -4.86. The van der Waals surface area contributed by atoms with E-state index in [-0.39, 0.29) is 21.8 Å². The zero-order chi connectivity index (χ0) is 30.9. The molecule has 11 heteroatoms. The second kappa shape index (κ2) is 10.4. The molecule has 4 aliphatic rings. The minimum absolute atomic E-state index is 0.0296. The SMILES string of the molecule is O=C(CN(C(=O)c1cccc([N+](=O)[O-])c1)N1C(=O)[C@@H]2C3c4ccccc4C(c4ccccc43)[C@@H]2C1=O)c1ccc(Cl)cc1Cl. The largest absolute Gasteiger partial charge is 0.292 e. The summed E-state index contributed by atoms with van der Waals surface area (Å²) in [4.78, 5) is 67.3. The van der Waals surface area contributed by atoms with Gasteiger partial charge in [-0.25, -0.2) is 5.01 Å². The van der Waals surface area contributed by atoms with Crippen molar-refractivity contribution in [2.45, 2.75) is 11.8 Å². The van der Waals surface area contributed by atoms with Crippen LogP contribution in [0.2, 0.25) is 10.0 Å². The summed E-state index contributed by atoms with van der Waals surface area (Å²) in [5, 5.41) is 13.4. The molecule has 3 aliphatic carbocycles. The van der Waals surface area contributed by atoms with Crippen LogP contribution in [0.3, 0.4) is 0 Å². The van der Waals surface area contributed by atoms with Crippen LogP contribution in [0.15, 0.2) is 91.0 Å². The molecule has 0 spiro atoms. The maximum Gasteiger partial charge on any atom is 0.273 e. The van der Waals surface area contributed by atoms with Crippen molar-refractivity contribution in [2.75, 3.05) is 6.54 Å². The van der Waals surface area contributed by atoms with Crippen molar-refractivity contribution in [3.05, 3.63) is 145 Å². The number of nitro benzene ring substituents is 1. The van der Waals surface area contributed by atoms with Gasteiger partial charge in [-0.15, -0.1) is 0 Å². The molecule has 44 heavy (non-hydrogen) atoms. The minimum atomic E-state index is -0.921. The van der Waals surface area contributed by atoms with Crippen molar-refractivity contribution in [1.82, 2.24) is 10.0 Å². The lowest BCUT2D eigenvalue weighted by molar-refractivity contribution is -0.384. The number of non-ortho nitro benzene ring substituents is 1. The molecule has 2 atom stereocenters. The maximum absolute atomic E-state index is 14.4. The van der Waals surface area contributed by atoms with Gasteiger partial charge < -0.3 is 0 Å². The average molecular weight is 626 g/mol. The lowest BCUT2D eigenvalue weighted by atomic mass is 9.55. The summed E-state index contributed by atoms with van der Waals surface area (Å²) < 4.78 is 0. The molecule has 1 heterocycles. The maximum atomic E-state index is 14.4. The Morgan fingerprint density at radius 1 is 0.773 bits per heavy atom. The number of ketones is 1. The van der Waals surface area contributed by atoms with E-state index < -0.39 is 58.6 Å². The van der Waals surface area contributed by atoms with Crippen LogP contribution < -0.4 is 0 Å². The normalized spacial score (nSPS) is 21.0. The molecule has 2 bridgehead atoms. The second-order valence-corrected chi connectivity index (χ2v) is 11.8. The van der Waals surface area contributed by atoms with Crippen LogP contribution in [-0.4, -0.2) is 45.0 Å². The monoisotopic (exact) mass is 625 g/mol. The van der Waals surface area contributed by atoms with Crippen molar-refractivity contribution < 1.29 is 24.1 Å². The third-order valence-corrected chi connectivity index (χ3v) is 9.28. The van der Waals surface area contributed by atoms with E-state index in [1.165, 1.54) is 36.4 Å². The molecular weight excluding hydrogens is 605 g/mol. The number of nitrogens with zero attached hydrogens (tertiary/aromatic N) is 3. The summed E-state index contributed by atoms with van der Waals surface area (Å²) >= 11 is 12.3. The van der Waals surface area contributed by atoms with Crippen molar-refractivity contribution in [3.63, 3.8) is 0 Å². The van der Waals surface area contributed by atoms with E-state index >= 15 is 0 Å². The smallest absolute Gasteiger partial charge is 0.273 e. The first kappa shape index (κ1) is 27.9. The number of hydrogen-bond donors (Lipinski definition) is 0. The zero-order valence-electron chi connectivity index (χ0n) is 22.7. The zero-order valence-corrected chi connectivity index (χ0v) is 24.2. The number of imide groups is 1. The number of hydrazine groups is 1. The van der Waals surface area contributed by atoms with Gasteiger partial charge in [0.05, 0.1) is 21.8 Å². The molecule has 0 unspecified atom stereocenters. The number of rotatable bonds is 6. The van der Waals surface area contributed by atoms with E-state index in [1.54, 1.807) is 0 Å². The van der Waals surface area contributed by atoms with E-state index in [4.69, 9.17) is 23.2 Å². The Kier molecular flexibility index (Phi) is 6.60. The highest BCUT2D eigenvalue weighted by Gasteiger charge is 2.63. The lowest BCUT2D eigenvalue weighted by Crippen LogP contribution is -2.52. The van der Waals surface area contributed by atoms with Gasteiger partial charge in [-0.05, 0) is 46.5 Å². The molecule has 8 rings (SSSR count). The van der Waals surface area contributed by atoms with E-state index in [1.807, 2.05) is 48.5 Å². The van der Waals surface area contributed by atoms with Crippen LogP contribution in [0.25, 0.3) is 0 Å². The molecule has 0 saturated carbocycles. The summed E-state index contributed by atoms with van der Waals surface area (Å²) in [6.07, 6.45) is 0. The van der Waals surface area contributed by atoms with Gasteiger partial charge in [-0.1, -0.05) is 77.8 Å². The fraction of sp³-hybridized carbons (Fsp3) is 0.152. The molecule has 0 radical (unpaired) electrons.